The summed E-state index contributed by atoms with van der Waals surface area (Å²) in [5.74, 6) is -0.382. The summed E-state index contributed by atoms with van der Waals surface area (Å²) >= 11 is 0. The van der Waals surface area contributed by atoms with E-state index in [0.717, 1.165) is 5.56 Å². The van der Waals surface area contributed by atoms with E-state index in [1.807, 2.05) is 13.0 Å². The molecule has 5 heteroatoms. The minimum absolute atomic E-state index is 0.158. The van der Waals surface area contributed by atoms with Gasteiger partial charge in [0.2, 0.25) is 5.91 Å². The summed E-state index contributed by atoms with van der Waals surface area (Å²) in [5, 5.41) is 5.51. The molecule has 5 nitrogen and oxygen atoms in total. The second-order valence-electron chi connectivity index (χ2n) is 4.79. The lowest BCUT2D eigenvalue weighted by Gasteiger charge is -2.11. The lowest BCUT2D eigenvalue weighted by Crippen LogP contribution is -2.13. The van der Waals surface area contributed by atoms with Crippen LogP contribution in [0.1, 0.15) is 22.8 Å². The summed E-state index contributed by atoms with van der Waals surface area (Å²) in [6.07, 6.45) is 0. The lowest BCUT2D eigenvalue weighted by atomic mass is 10.1. The van der Waals surface area contributed by atoms with Gasteiger partial charge in [-0.15, -0.1) is 0 Å². The number of carbonyl (C=O) groups excluding carboxylic acids is 2. The number of nitrogens with two attached hydrogens (primary N) is 1. The largest absolute Gasteiger partial charge is 0.399 e. The van der Waals surface area contributed by atoms with E-state index in [1.54, 1.807) is 36.4 Å². The fraction of sp³-hybridized carbons (Fsp3) is 0.125. The van der Waals surface area contributed by atoms with Crippen LogP contribution in [0.3, 0.4) is 0 Å². The topological polar surface area (TPSA) is 84.2 Å². The monoisotopic (exact) mass is 283 g/mol. The molecule has 108 valence electrons. The first-order valence-corrected chi connectivity index (χ1v) is 6.51. The van der Waals surface area contributed by atoms with Crippen molar-refractivity contribution in [3.8, 4) is 0 Å². The Hall–Kier alpha value is -2.82. The first-order valence-electron chi connectivity index (χ1n) is 6.51. The molecule has 0 fully saturated rings. The van der Waals surface area contributed by atoms with E-state index >= 15 is 0 Å². The van der Waals surface area contributed by atoms with Crippen LogP contribution in [-0.2, 0) is 4.79 Å². The third-order valence-corrected chi connectivity index (χ3v) is 2.98. The van der Waals surface area contributed by atoms with E-state index in [1.165, 1.54) is 6.92 Å². The Morgan fingerprint density at radius 2 is 1.67 bits per heavy atom. The maximum atomic E-state index is 12.2. The Morgan fingerprint density at radius 3 is 2.29 bits per heavy atom. The molecule has 0 spiro atoms. The van der Waals surface area contributed by atoms with Gasteiger partial charge in [0.15, 0.2) is 0 Å². The Morgan fingerprint density at radius 1 is 1.00 bits per heavy atom. The molecule has 21 heavy (non-hydrogen) atoms. The first kappa shape index (κ1) is 14.6. The molecule has 0 radical (unpaired) electrons. The van der Waals surface area contributed by atoms with Crippen LogP contribution >= 0.6 is 0 Å². The van der Waals surface area contributed by atoms with Crippen LogP contribution < -0.4 is 16.4 Å². The number of hydrogen-bond donors (Lipinski definition) is 3. The standard InChI is InChI=1S/C16H17N3O2/c1-10-3-8-14(18-11(2)20)9-15(10)19-16(21)12-4-6-13(17)7-5-12/h3-9H,17H2,1-2H3,(H,18,20)(H,19,21). The van der Waals surface area contributed by atoms with E-state index in [-0.39, 0.29) is 11.8 Å². The van der Waals surface area contributed by atoms with Gasteiger partial charge in [0.25, 0.3) is 5.91 Å². The van der Waals surface area contributed by atoms with E-state index in [2.05, 4.69) is 10.6 Å². The average molecular weight is 283 g/mol. The Bertz CT molecular complexity index is 678. The lowest BCUT2D eigenvalue weighted by molar-refractivity contribution is -0.114. The molecular formula is C16H17N3O2. The zero-order valence-corrected chi connectivity index (χ0v) is 11.9. The van der Waals surface area contributed by atoms with Crippen LogP contribution in [0.25, 0.3) is 0 Å². The summed E-state index contributed by atoms with van der Waals surface area (Å²) in [7, 11) is 0. The van der Waals surface area contributed by atoms with Gasteiger partial charge in [-0.1, -0.05) is 6.07 Å². The maximum Gasteiger partial charge on any atom is 0.255 e. The average Bonchev–Trinajstić information content (AvgIpc) is 2.42. The van der Waals surface area contributed by atoms with Crippen molar-refractivity contribution in [2.45, 2.75) is 13.8 Å². The van der Waals surface area contributed by atoms with Gasteiger partial charge in [0, 0.05) is 29.5 Å². The molecule has 2 rings (SSSR count). The van der Waals surface area contributed by atoms with Crippen LogP contribution in [0.5, 0.6) is 0 Å². The van der Waals surface area contributed by atoms with E-state index in [0.29, 0.717) is 22.6 Å². The van der Waals surface area contributed by atoms with Gasteiger partial charge in [-0.2, -0.15) is 0 Å². The molecule has 0 heterocycles. The first-order chi connectivity index (χ1) is 9.95. The van der Waals surface area contributed by atoms with Gasteiger partial charge < -0.3 is 16.4 Å². The highest BCUT2D eigenvalue weighted by Crippen LogP contribution is 2.21. The quantitative estimate of drug-likeness (QED) is 0.757. The van der Waals surface area contributed by atoms with Crippen molar-refractivity contribution in [2.75, 3.05) is 16.4 Å². The SMILES string of the molecule is CC(=O)Nc1ccc(C)c(NC(=O)c2ccc(N)cc2)c1. The number of hydrogen-bond acceptors (Lipinski definition) is 3. The second-order valence-corrected chi connectivity index (χ2v) is 4.79. The molecule has 0 aliphatic rings. The molecule has 0 aliphatic carbocycles. The molecule has 0 atom stereocenters. The summed E-state index contributed by atoms with van der Waals surface area (Å²) in [4.78, 5) is 23.2. The highest BCUT2D eigenvalue weighted by Gasteiger charge is 2.08. The minimum Gasteiger partial charge on any atom is -0.399 e. The summed E-state index contributed by atoms with van der Waals surface area (Å²) in [6, 6.07) is 12.0. The summed E-state index contributed by atoms with van der Waals surface area (Å²) < 4.78 is 0. The predicted octanol–water partition coefficient (Wildman–Crippen LogP) is 2.79. The summed E-state index contributed by atoms with van der Waals surface area (Å²) in [6.45, 7) is 3.32. The molecule has 0 aromatic heterocycles. The number of nitrogen functional groups attached to an aromatic ring is 1. The van der Waals surface area contributed by atoms with Crippen LogP contribution in [0.4, 0.5) is 17.1 Å². The van der Waals surface area contributed by atoms with E-state index in [9.17, 15) is 9.59 Å². The Balaban J connectivity index is 2.20. The maximum absolute atomic E-state index is 12.2. The Labute approximate surface area is 123 Å². The predicted molar refractivity (Wildman–Crippen MR) is 84.3 cm³/mol. The van der Waals surface area contributed by atoms with E-state index < -0.39 is 0 Å². The number of benzene rings is 2. The van der Waals surface area contributed by atoms with Gasteiger partial charge in [-0.05, 0) is 48.9 Å². The van der Waals surface area contributed by atoms with E-state index in [4.69, 9.17) is 5.73 Å². The zero-order chi connectivity index (χ0) is 15.4. The molecular weight excluding hydrogens is 266 g/mol. The zero-order valence-electron chi connectivity index (χ0n) is 11.9. The van der Waals surface area contributed by atoms with Gasteiger partial charge in [-0.3, -0.25) is 9.59 Å². The molecule has 0 unspecified atom stereocenters. The molecule has 2 aromatic rings. The van der Waals surface area contributed by atoms with Crippen molar-refractivity contribution in [1.82, 2.24) is 0 Å². The van der Waals surface area contributed by atoms with Gasteiger partial charge in [0.1, 0.15) is 0 Å². The number of rotatable bonds is 3. The third kappa shape index (κ3) is 3.82. The van der Waals surface area contributed by atoms with Crippen LogP contribution in [0.15, 0.2) is 42.5 Å². The molecule has 0 saturated carbocycles. The Kier molecular flexibility index (Phi) is 4.23. The fourth-order valence-corrected chi connectivity index (χ4v) is 1.87. The van der Waals surface area contributed by atoms with Crippen LogP contribution in [-0.4, -0.2) is 11.8 Å². The smallest absolute Gasteiger partial charge is 0.255 e. The number of aryl methyl sites for hydroxylation is 1. The van der Waals surface area contributed by atoms with Crippen molar-refractivity contribution in [3.63, 3.8) is 0 Å². The molecule has 0 aliphatic heterocycles. The van der Waals surface area contributed by atoms with Crippen molar-refractivity contribution in [1.29, 1.82) is 0 Å². The number of nitrogens with one attached hydrogen (secondary N) is 2. The molecule has 0 bridgehead atoms. The third-order valence-electron chi connectivity index (χ3n) is 2.98. The van der Waals surface area contributed by atoms with Gasteiger partial charge in [0.05, 0.1) is 0 Å². The highest BCUT2D eigenvalue weighted by molar-refractivity contribution is 6.05. The molecule has 2 amide bonds. The van der Waals surface area contributed by atoms with Gasteiger partial charge in [-0.25, -0.2) is 0 Å². The van der Waals surface area contributed by atoms with Crippen molar-refractivity contribution < 1.29 is 9.59 Å². The summed E-state index contributed by atoms with van der Waals surface area (Å²) in [5.41, 5.74) is 8.93. The van der Waals surface area contributed by atoms with Crippen molar-refractivity contribution in [3.05, 3.63) is 53.6 Å². The van der Waals surface area contributed by atoms with Crippen molar-refractivity contribution in [2.24, 2.45) is 0 Å². The molecule has 0 saturated heterocycles. The molecule has 2 aromatic carbocycles. The minimum atomic E-state index is -0.224. The number of amides is 2. The van der Waals surface area contributed by atoms with Crippen LogP contribution in [0.2, 0.25) is 0 Å². The number of carbonyl (C=O) groups is 2. The fourth-order valence-electron chi connectivity index (χ4n) is 1.87. The second kappa shape index (κ2) is 6.09. The van der Waals surface area contributed by atoms with Crippen LogP contribution in [0, 0.1) is 6.92 Å². The normalized spacial score (nSPS) is 10.0. The molecule has 4 N–H and O–H groups in total. The number of anilines is 3. The van der Waals surface area contributed by atoms with Gasteiger partial charge >= 0.3 is 0 Å². The van der Waals surface area contributed by atoms with Crippen molar-refractivity contribution >= 4 is 28.9 Å². The highest BCUT2D eigenvalue weighted by atomic mass is 16.2.